The lowest BCUT2D eigenvalue weighted by atomic mass is 9.71. The fourth-order valence-electron chi connectivity index (χ4n) is 3.95. The molecule has 0 unspecified atom stereocenters. The SMILES string of the molecule is COC[C@@H]1CN(Cc2ccco2)CC12CCN(C)CC2. The van der Waals surface area contributed by atoms with Gasteiger partial charge in [-0.1, -0.05) is 0 Å². The Bertz CT molecular complexity index is 410. The highest BCUT2D eigenvalue weighted by Gasteiger charge is 2.47. The van der Waals surface area contributed by atoms with Crippen LogP contribution in [-0.4, -0.2) is 56.7 Å². The van der Waals surface area contributed by atoms with Crippen LogP contribution in [0.15, 0.2) is 22.8 Å². The largest absolute Gasteiger partial charge is 0.468 e. The van der Waals surface area contributed by atoms with Gasteiger partial charge < -0.3 is 14.1 Å². The number of hydrogen-bond donors (Lipinski definition) is 0. The van der Waals surface area contributed by atoms with E-state index in [0.29, 0.717) is 11.3 Å². The number of piperidine rings is 1. The smallest absolute Gasteiger partial charge is 0.117 e. The Kier molecular flexibility index (Phi) is 4.15. The van der Waals surface area contributed by atoms with Crippen LogP contribution in [0.4, 0.5) is 0 Å². The third kappa shape index (κ3) is 2.78. The number of hydrogen-bond acceptors (Lipinski definition) is 4. The summed E-state index contributed by atoms with van der Waals surface area (Å²) in [6.07, 6.45) is 4.36. The molecule has 2 aliphatic rings. The van der Waals surface area contributed by atoms with Crippen LogP contribution in [0.2, 0.25) is 0 Å². The van der Waals surface area contributed by atoms with Crippen molar-refractivity contribution in [3.05, 3.63) is 24.2 Å². The lowest BCUT2D eigenvalue weighted by Gasteiger charge is -2.41. The molecule has 2 saturated heterocycles. The van der Waals surface area contributed by atoms with E-state index in [-0.39, 0.29) is 0 Å². The van der Waals surface area contributed by atoms with E-state index < -0.39 is 0 Å². The fraction of sp³-hybridized carbons (Fsp3) is 0.750. The summed E-state index contributed by atoms with van der Waals surface area (Å²) < 4.78 is 11.0. The van der Waals surface area contributed by atoms with Gasteiger partial charge in [0.25, 0.3) is 0 Å². The summed E-state index contributed by atoms with van der Waals surface area (Å²) in [5.74, 6) is 1.74. The van der Waals surface area contributed by atoms with Gasteiger partial charge in [0.2, 0.25) is 0 Å². The Morgan fingerprint density at radius 3 is 2.85 bits per heavy atom. The predicted octanol–water partition coefficient (Wildman–Crippen LogP) is 2.07. The third-order valence-electron chi connectivity index (χ3n) is 5.19. The van der Waals surface area contributed by atoms with Crippen molar-refractivity contribution >= 4 is 0 Å². The second-order valence-corrected chi connectivity index (χ2v) is 6.57. The minimum atomic E-state index is 0.453. The normalized spacial score (nSPS) is 27.4. The van der Waals surface area contributed by atoms with Crippen LogP contribution in [0.25, 0.3) is 0 Å². The number of nitrogens with zero attached hydrogens (tertiary/aromatic N) is 2. The highest BCUT2D eigenvalue weighted by molar-refractivity contribution is 5.03. The molecule has 2 fully saturated rings. The van der Waals surface area contributed by atoms with Gasteiger partial charge in [0.05, 0.1) is 19.4 Å². The fourth-order valence-corrected chi connectivity index (χ4v) is 3.95. The maximum absolute atomic E-state index is 5.50. The van der Waals surface area contributed by atoms with E-state index in [0.717, 1.165) is 25.5 Å². The average Bonchev–Trinajstić information content (AvgIpc) is 3.04. The van der Waals surface area contributed by atoms with Crippen molar-refractivity contribution in [3.63, 3.8) is 0 Å². The molecule has 1 atom stereocenters. The summed E-state index contributed by atoms with van der Waals surface area (Å²) >= 11 is 0. The van der Waals surface area contributed by atoms with Crippen molar-refractivity contribution in [2.45, 2.75) is 19.4 Å². The maximum atomic E-state index is 5.50. The van der Waals surface area contributed by atoms with Gasteiger partial charge in [-0.05, 0) is 50.5 Å². The lowest BCUT2D eigenvalue weighted by molar-refractivity contribution is 0.0447. The van der Waals surface area contributed by atoms with Gasteiger partial charge in [-0.25, -0.2) is 0 Å². The van der Waals surface area contributed by atoms with Crippen molar-refractivity contribution in [2.24, 2.45) is 11.3 Å². The Hall–Kier alpha value is -0.840. The second kappa shape index (κ2) is 5.88. The van der Waals surface area contributed by atoms with Gasteiger partial charge in [0.15, 0.2) is 0 Å². The van der Waals surface area contributed by atoms with Crippen LogP contribution in [0.1, 0.15) is 18.6 Å². The van der Waals surface area contributed by atoms with E-state index in [1.54, 1.807) is 6.26 Å². The first-order valence-electron chi connectivity index (χ1n) is 7.64. The predicted molar refractivity (Wildman–Crippen MR) is 78.5 cm³/mol. The van der Waals surface area contributed by atoms with Gasteiger partial charge in [0, 0.05) is 26.1 Å². The summed E-state index contributed by atoms with van der Waals surface area (Å²) in [5.41, 5.74) is 0.453. The molecule has 1 aromatic rings. The van der Waals surface area contributed by atoms with Crippen LogP contribution in [-0.2, 0) is 11.3 Å². The van der Waals surface area contributed by atoms with Gasteiger partial charge in [-0.3, -0.25) is 4.90 Å². The minimum absolute atomic E-state index is 0.453. The molecule has 4 nitrogen and oxygen atoms in total. The molecule has 1 aromatic heterocycles. The molecule has 0 amide bonds. The van der Waals surface area contributed by atoms with Gasteiger partial charge in [-0.2, -0.15) is 0 Å². The van der Waals surface area contributed by atoms with Crippen LogP contribution in [0.5, 0.6) is 0 Å². The second-order valence-electron chi connectivity index (χ2n) is 6.57. The van der Waals surface area contributed by atoms with Crippen LogP contribution < -0.4 is 0 Å². The van der Waals surface area contributed by atoms with E-state index in [2.05, 4.69) is 22.9 Å². The van der Waals surface area contributed by atoms with E-state index in [9.17, 15) is 0 Å². The van der Waals surface area contributed by atoms with Crippen LogP contribution in [0, 0.1) is 11.3 Å². The summed E-state index contributed by atoms with van der Waals surface area (Å²) in [6, 6.07) is 4.05. The van der Waals surface area contributed by atoms with Crippen molar-refractivity contribution in [1.29, 1.82) is 0 Å². The van der Waals surface area contributed by atoms with Crippen molar-refractivity contribution < 1.29 is 9.15 Å². The molecule has 3 rings (SSSR count). The summed E-state index contributed by atoms with van der Waals surface area (Å²) in [5, 5.41) is 0. The molecule has 0 saturated carbocycles. The number of ether oxygens (including phenoxy) is 1. The number of furan rings is 1. The molecule has 0 N–H and O–H groups in total. The molecule has 20 heavy (non-hydrogen) atoms. The summed E-state index contributed by atoms with van der Waals surface area (Å²) in [4.78, 5) is 5.00. The Morgan fingerprint density at radius 2 is 2.20 bits per heavy atom. The number of likely N-dealkylation sites (tertiary alicyclic amines) is 2. The van der Waals surface area contributed by atoms with E-state index in [4.69, 9.17) is 9.15 Å². The molecule has 3 heterocycles. The molecular formula is C16H26N2O2. The Labute approximate surface area is 121 Å². The first-order chi connectivity index (χ1) is 9.72. The van der Waals surface area contributed by atoms with Crippen LogP contribution in [0.3, 0.4) is 0 Å². The zero-order valence-corrected chi connectivity index (χ0v) is 12.7. The third-order valence-corrected chi connectivity index (χ3v) is 5.19. The molecule has 0 aromatic carbocycles. The van der Waals surface area contributed by atoms with Crippen LogP contribution >= 0.6 is 0 Å². The quantitative estimate of drug-likeness (QED) is 0.843. The molecule has 0 radical (unpaired) electrons. The zero-order chi connectivity index (χ0) is 14.0. The topological polar surface area (TPSA) is 28.9 Å². The van der Waals surface area contributed by atoms with E-state index >= 15 is 0 Å². The maximum Gasteiger partial charge on any atom is 0.117 e. The number of methoxy groups -OCH3 is 1. The molecule has 4 heteroatoms. The lowest BCUT2D eigenvalue weighted by Crippen LogP contribution is -2.43. The highest BCUT2D eigenvalue weighted by Crippen LogP contribution is 2.44. The first-order valence-corrected chi connectivity index (χ1v) is 7.64. The van der Waals surface area contributed by atoms with E-state index in [1.807, 2.05) is 13.2 Å². The summed E-state index contributed by atoms with van der Waals surface area (Å²) in [7, 11) is 4.06. The van der Waals surface area contributed by atoms with E-state index in [1.165, 1.54) is 32.5 Å². The molecule has 1 spiro atoms. The standard InChI is InChI=1S/C16H26N2O2/c1-17-7-5-16(6-8-17)13-18(10-14(16)12-19-2)11-15-4-3-9-20-15/h3-4,9,14H,5-8,10-13H2,1-2H3/t14-/m0/s1. The monoisotopic (exact) mass is 278 g/mol. The Balaban J connectivity index is 1.68. The molecular weight excluding hydrogens is 252 g/mol. The molecule has 0 bridgehead atoms. The molecule has 2 aliphatic heterocycles. The highest BCUT2D eigenvalue weighted by atomic mass is 16.5. The number of rotatable bonds is 4. The van der Waals surface area contributed by atoms with Crippen molar-refractivity contribution in [2.75, 3.05) is 46.9 Å². The van der Waals surface area contributed by atoms with Crippen molar-refractivity contribution in [3.8, 4) is 0 Å². The van der Waals surface area contributed by atoms with Gasteiger partial charge >= 0.3 is 0 Å². The summed E-state index contributed by atoms with van der Waals surface area (Å²) in [6.45, 7) is 6.58. The zero-order valence-electron chi connectivity index (χ0n) is 12.7. The minimum Gasteiger partial charge on any atom is -0.468 e. The molecule has 112 valence electrons. The molecule has 0 aliphatic carbocycles. The first kappa shape index (κ1) is 14.1. The Morgan fingerprint density at radius 1 is 1.40 bits per heavy atom. The van der Waals surface area contributed by atoms with Gasteiger partial charge in [0.1, 0.15) is 5.76 Å². The van der Waals surface area contributed by atoms with Gasteiger partial charge in [-0.15, -0.1) is 0 Å². The van der Waals surface area contributed by atoms with Crippen molar-refractivity contribution in [1.82, 2.24) is 9.80 Å². The average molecular weight is 278 g/mol.